The topological polar surface area (TPSA) is 78.1 Å². The molecule has 1 heterocycles. The molecule has 0 spiro atoms. The fraction of sp³-hybridized carbons (Fsp3) is 0.154. The van der Waals surface area contributed by atoms with Crippen molar-refractivity contribution in [2.24, 2.45) is 0 Å². The molecule has 92 valence electrons. The number of rotatable bonds is 2. The van der Waals surface area contributed by atoms with Crippen LogP contribution in [0, 0.1) is 6.92 Å². The molecule has 0 aliphatic carbocycles. The zero-order chi connectivity index (χ0) is 13.1. The summed E-state index contributed by atoms with van der Waals surface area (Å²) in [6.07, 6.45) is 0. The minimum atomic E-state index is -0.378. The molecule has 0 bridgehead atoms. The molecule has 5 nitrogen and oxygen atoms in total. The lowest BCUT2D eigenvalue weighted by Crippen LogP contribution is -2.02. The second-order valence-corrected chi connectivity index (χ2v) is 3.87. The number of esters is 1. The third-order valence-electron chi connectivity index (χ3n) is 2.60. The Morgan fingerprint density at radius 2 is 2.06 bits per heavy atom. The van der Waals surface area contributed by atoms with E-state index in [0.717, 1.165) is 11.1 Å². The molecule has 2 aromatic rings. The summed E-state index contributed by atoms with van der Waals surface area (Å²) in [7, 11) is 1.35. The van der Waals surface area contributed by atoms with E-state index in [2.05, 4.69) is 14.9 Å². The van der Waals surface area contributed by atoms with Gasteiger partial charge in [0.05, 0.1) is 18.4 Å². The molecule has 0 radical (unpaired) electrons. The van der Waals surface area contributed by atoms with Crippen LogP contribution in [-0.4, -0.2) is 23.3 Å². The second-order valence-electron chi connectivity index (χ2n) is 3.87. The van der Waals surface area contributed by atoms with Crippen LogP contribution in [0.25, 0.3) is 11.3 Å². The van der Waals surface area contributed by atoms with Crippen LogP contribution in [0.15, 0.2) is 30.3 Å². The molecule has 0 fully saturated rings. The maximum Gasteiger partial charge on any atom is 0.337 e. The van der Waals surface area contributed by atoms with Gasteiger partial charge < -0.3 is 10.5 Å². The van der Waals surface area contributed by atoms with Gasteiger partial charge in [0.2, 0.25) is 0 Å². The van der Waals surface area contributed by atoms with Gasteiger partial charge in [-0.3, -0.25) is 0 Å². The second kappa shape index (κ2) is 4.83. The monoisotopic (exact) mass is 243 g/mol. The lowest BCUT2D eigenvalue weighted by molar-refractivity contribution is 0.0601. The largest absolute Gasteiger partial charge is 0.465 e. The summed E-state index contributed by atoms with van der Waals surface area (Å²) in [5, 5.41) is 7.87. The number of hydrogen-bond donors (Lipinski definition) is 1. The summed E-state index contributed by atoms with van der Waals surface area (Å²) in [4.78, 5) is 11.4. The van der Waals surface area contributed by atoms with Crippen molar-refractivity contribution in [3.8, 4) is 11.3 Å². The first kappa shape index (κ1) is 12.0. The van der Waals surface area contributed by atoms with Gasteiger partial charge in [0, 0.05) is 5.56 Å². The highest BCUT2D eigenvalue weighted by Gasteiger charge is 2.08. The lowest BCUT2D eigenvalue weighted by Gasteiger charge is -2.05. The summed E-state index contributed by atoms with van der Waals surface area (Å²) in [6.45, 7) is 1.86. The number of aromatic nitrogens is 2. The van der Waals surface area contributed by atoms with E-state index in [1.165, 1.54) is 7.11 Å². The van der Waals surface area contributed by atoms with Gasteiger partial charge >= 0.3 is 5.97 Å². The predicted octanol–water partition coefficient (Wildman–Crippen LogP) is 1.82. The smallest absolute Gasteiger partial charge is 0.337 e. The van der Waals surface area contributed by atoms with Crippen molar-refractivity contribution < 1.29 is 9.53 Å². The summed E-state index contributed by atoms with van der Waals surface area (Å²) < 4.78 is 4.68. The van der Waals surface area contributed by atoms with Crippen LogP contribution in [0.3, 0.4) is 0 Å². The Bertz CT molecular complexity index is 597. The number of ether oxygens (including phenoxy) is 1. The Morgan fingerprint density at radius 1 is 1.28 bits per heavy atom. The van der Waals surface area contributed by atoms with E-state index < -0.39 is 0 Å². The quantitative estimate of drug-likeness (QED) is 0.814. The number of hydrogen-bond acceptors (Lipinski definition) is 5. The number of carbonyl (C=O) groups excluding carboxylic acids is 1. The van der Waals surface area contributed by atoms with Gasteiger partial charge in [0.25, 0.3) is 0 Å². The number of nitrogens with two attached hydrogens (primary N) is 1. The van der Waals surface area contributed by atoms with E-state index in [9.17, 15) is 4.79 Å². The molecule has 2 N–H and O–H groups in total. The number of aryl methyl sites for hydroxylation is 1. The number of methoxy groups -OCH3 is 1. The zero-order valence-corrected chi connectivity index (χ0v) is 10.2. The lowest BCUT2D eigenvalue weighted by atomic mass is 10.1. The van der Waals surface area contributed by atoms with Gasteiger partial charge in [0.15, 0.2) is 0 Å². The van der Waals surface area contributed by atoms with Crippen LogP contribution in [0.2, 0.25) is 0 Å². The maximum atomic E-state index is 11.4. The minimum absolute atomic E-state index is 0.378. The summed E-state index contributed by atoms with van der Waals surface area (Å²) in [6, 6.07) is 8.86. The average Bonchev–Trinajstić information content (AvgIpc) is 2.41. The molecule has 0 atom stereocenters. The number of benzene rings is 1. The molecule has 0 saturated carbocycles. The Morgan fingerprint density at radius 3 is 2.72 bits per heavy atom. The van der Waals surface area contributed by atoms with Crippen LogP contribution in [0.4, 0.5) is 5.82 Å². The zero-order valence-electron chi connectivity index (χ0n) is 10.2. The van der Waals surface area contributed by atoms with E-state index in [1.54, 1.807) is 18.2 Å². The third kappa shape index (κ3) is 2.29. The van der Waals surface area contributed by atoms with Gasteiger partial charge in [0.1, 0.15) is 5.82 Å². The predicted molar refractivity (Wildman–Crippen MR) is 68.0 cm³/mol. The molecule has 0 amide bonds. The molecule has 2 rings (SSSR count). The van der Waals surface area contributed by atoms with Gasteiger partial charge in [-0.05, 0) is 30.7 Å². The Kier molecular flexibility index (Phi) is 3.23. The van der Waals surface area contributed by atoms with Gasteiger partial charge in [-0.2, -0.15) is 0 Å². The number of nitrogen functional groups attached to an aromatic ring is 1. The van der Waals surface area contributed by atoms with E-state index in [1.807, 2.05) is 19.1 Å². The van der Waals surface area contributed by atoms with Crippen molar-refractivity contribution in [2.75, 3.05) is 12.8 Å². The normalized spacial score (nSPS) is 10.1. The van der Waals surface area contributed by atoms with Gasteiger partial charge in [-0.15, -0.1) is 10.2 Å². The number of anilines is 1. The highest BCUT2D eigenvalue weighted by molar-refractivity contribution is 5.90. The van der Waals surface area contributed by atoms with E-state index in [4.69, 9.17) is 5.73 Å². The van der Waals surface area contributed by atoms with Crippen molar-refractivity contribution in [1.29, 1.82) is 0 Å². The molecule has 0 saturated heterocycles. The van der Waals surface area contributed by atoms with Crippen molar-refractivity contribution in [3.05, 3.63) is 41.5 Å². The molecular weight excluding hydrogens is 230 g/mol. The van der Waals surface area contributed by atoms with Crippen LogP contribution in [0.5, 0.6) is 0 Å². The van der Waals surface area contributed by atoms with Gasteiger partial charge in [-0.1, -0.05) is 12.1 Å². The molecule has 0 aliphatic rings. The standard InChI is InChI=1S/C13H13N3O2/c1-8-6-11(15-16-12(8)14)9-4-3-5-10(7-9)13(17)18-2/h3-7H,1-2H3,(H2,14,16). The number of nitrogens with zero attached hydrogens (tertiary/aromatic N) is 2. The minimum Gasteiger partial charge on any atom is -0.465 e. The fourth-order valence-corrected chi connectivity index (χ4v) is 1.56. The molecule has 1 aromatic heterocycles. The molecule has 1 aromatic carbocycles. The molecule has 0 unspecified atom stereocenters. The first-order valence-corrected chi connectivity index (χ1v) is 5.40. The summed E-state index contributed by atoms with van der Waals surface area (Å²) >= 11 is 0. The highest BCUT2D eigenvalue weighted by atomic mass is 16.5. The maximum absolute atomic E-state index is 11.4. The summed E-state index contributed by atoms with van der Waals surface area (Å²) in [5.74, 6) is 0.0276. The van der Waals surface area contributed by atoms with Crippen LogP contribution in [0.1, 0.15) is 15.9 Å². The third-order valence-corrected chi connectivity index (χ3v) is 2.60. The van der Waals surface area contributed by atoms with E-state index in [0.29, 0.717) is 17.1 Å². The first-order chi connectivity index (χ1) is 8.61. The van der Waals surface area contributed by atoms with Gasteiger partial charge in [-0.25, -0.2) is 4.79 Å². The first-order valence-electron chi connectivity index (χ1n) is 5.40. The Labute approximate surface area is 105 Å². The number of carbonyl (C=O) groups is 1. The van der Waals surface area contributed by atoms with Crippen molar-refractivity contribution in [1.82, 2.24) is 10.2 Å². The van der Waals surface area contributed by atoms with Crippen LogP contribution >= 0.6 is 0 Å². The van der Waals surface area contributed by atoms with Crippen LogP contribution < -0.4 is 5.73 Å². The van der Waals surface area contributed by atoms with Crippen molar-refractivity contribution >= 4 is 11.8 Å². The molecule has 0 aliphatic heterocycles. The van der Waals surface area contributed by atoms with Crippen molar-refractivity contribution in [2.45, 2.75) is 6.92 Å². The highest BCUT2D eigenvalue weighted by Crippen LogP contribution is 2.20. The molecular formula is C13H13N3O2. The van der Waals surface area contributed by atoms with Crippen molar-refractivity contribution in [3.63, 3.8) is 0 Å². The Hall–Kier alpha value is -2.43. The van der Waals surface area contributed by atoms with E-state index in [-0.39, 0.29) is 5.97 Å². The molecule has 18 heavy (non-hydrogen) atoms. The Balaban J connectivity index is 2.44. The summed E-state index contributed by atoms with van der Waals surface area (Å²) in [5.41, 5.74) is 8.42. The van der Waals surface area contributed by atoms with E-state index >= 15 is 0 Å². The average molecular weight is 243 g/mol. The van der Waals surface area contributed by atoms with Crippen LogP contribution in [-0.2, 0) is 4.74 Å². The molecule has 5 heteroatoms. The fourth-order valence-electron chi connectivity index (χ4n) is 1.56. The SMILES string of the molecule is COC(=O)c1cccc(-c2cc(C)c(N)nn2)c1.